The van der Waals surface area contributed by atoms with Crippen LogP contribution in [0, 0.1) is 20.8 Å². The van der Waals surface area contributed by atoms with Crippen LogP contribution in [0.3, 0.4) is 0 Å². The molecule has 2 N–H and O–H groups in total. The fourth-order valence-corrected chi connectivity index (χ4v) is 4.23. The van der Waals surface area contributed by atoms with Gasteiger partial charge in [-0.05, 0) is 56.9 Å². The van der Waals surface area contributed by atoms with Gasteiger partial charge >= 0.3 is 0 Å². The molecule has 0 radical (unpaired) electrons. The molecular formula is C22H27N5O. The Morgan fingerprint density at radius 3 is 2.82 bits per heavy atom. The second-order valence-electron chi connectivity index (χ2n) is 7.81. The lowest BCUT2D eigenvalue weighted by molar-refractivity contribution is -0.121. The van der Waals surface area contributed by atoms with Crippen molar-refractivity contribution in [2.45, 2.75) is 46.1 Å². The number of carbonyl (C=O) groups is 1. The van der Waals surface area contributed by atoms with Crippen molar-refractivity contribution < 1.29 is 4.79 Å². The summed E-state index contributed by atoms with van der Waals surface area (Å²) < 4.78 is 0. The monoisotopic (exact) mass is 377 g/mol. The molecule has 6 nitrogen and oxygen atoms in total. The first kappa shape index (κ1) is 18.5. The zero-order valence-corrected chi connectivity index (χ0v) is 16.7. The first-order chi connectivity index (χ1) is 13.5. The van der Waals surface area contributed by atoms with Crippen molar-refractivity contribution in [3.05, 3.63) is 53.0 Å². The van der Waals surface area contributed by atoms with E-state index >= 15 is 0 Å². The third kappa shape index (κ3) is 3.72. The predicted molar refractivity (Wildman–Crippen MR) is 112 cm³/mol. The number of nitrogens with one attached hydrogen (secondary N) is 2. The average Bonchev–Trinajstić information content (AvgIpc) is 2.99. The van der Waals surface area contributed by atoms with Crippen molar-refractivity contribution in [3.8, 4) is 0 Å². The number of benzene rings is 1. The van der Waals surface area contributed by atoms with Gasteiger partial charge in [-0.1, -0.05) is 11.6 Å². The highest BCUT2D eigenvalue weighted by Crippen LogP contribution is 2.27. The van der Waals surface area contributed by atoms with Gasteiger partial charge in [-0.3, -0.25) is 4.79 Å². The largest absolute Gasteiger partial charge is 0.358 e. The fraction of sp³-hybridized carbons (Fsp3) is 0.409. The fourth-order valence-electron chi connectivity index (χ4n) is 4.23. The van der Waals surface area contributed by atoms with Gasteiger partial charge in [-0.15, -0.1) is 0 Å². The van der Waals surface area contributed by atoms with Crippen molar-refractivity contribution in [2.75, 3.05) is 18.0 Å². The first-order valence-electron chi connectivity index (χ1n) is 9.91. The zero-order valence-electron chi connectivity index (χ0n) is 16.7. The van der Waals surface area contributed by atoms with Crippen molar-refractivity contribution >= 4 is 22.8 Å². The molecule has 1 fully saturated rings. The van der Waals surface area contributed by atoms with Gasteiger partial charge < -0.3 is 15.2 Å². The number of hydrogen-bond acceptors (Lipinski definition) is 4. The van der Waals surface area contributed by atoms with E-state index in [0.29, 0.717) is 6.42 Å². The molecule has 3 heterocycles. The van der Waals surface area contributed by atoms with Gasteiger partial charge in [0, 0.05) is 48.1 Å². The Morgan fingerprint density at radius 1 is 1.25 bits per heavy atom. The van der Waals surface area contributed by atoms with Crippen molar-refractivity contribution in [2.24, 2.45) is 0 Å². The molecule has 1 atom stereocenters. The molecule has 3 aromatic rings. The molecule has 0 spiro atoms. The maximum atomic E-state index is 12.8. The molecule has 146 valence electrons. The van der Waals surface area contributed by atoms with Crippen LogP contribution in [0.1, 0.15) is 35.2 Å². The quantitative estimate of drug-likeness (QED) is 0.732. The standard InChI is InChI=1S/C22H27N5O/c1-14-10-15(2)21-19(11-14)18(16(3)25-21)12-20(28)26-17-6-4-9-27(13-17)22-23-7-5-8-24-22/h5,7-8,10-11,17,25H,4,6,9,12-13H2,1-3H3,(H,26,28)/t17-/m1/s1. The molecule has 2 aromatic heterocycles. The second-order valence-corrected chi connectivity index (χ2v) is 7.81. The van der Waals surface area contributed by atoms with Gasteiger partial charge in [-0.2, -0.15) is 0 Å². The number of aromatic amines is 1. The van der Waals surface area contributed by atoms with Crippen molar-refractivity contribution in [1.82, 2.24) is 20.3 Å². The SMILES string of the molecule is Cc1cc(C)c2[nH]c(C)c(CC(=O)N[C@@H]3CCCN(c4ncccn4)C3)c2c1. The minimum atomic E-state index is 0.0731. The van der Waals surface area contributed by atoms with Crippen molar-refractivity contribution in [1.29, 1.82) is 0 Å². The summed E-state index contributed by atoms with van der Waals surface area (Å²) in [6.07, 6.45) is 5.92. The summed E-state index contributed by atoms with van der Waals surface area (Å²) in [4.78, 5) is 27.1. The number of aromatic nitrogens is 3. The maximum absolute atomic E-state index is 12.8. The van der Waals surface area contributed by atoms with E-state index in [4.69, 9.17) is 0 Å². The Bertz CT molecular complexity index is 995. The summed E-state index contributed by atoms with van der Waals surface area (Å²) in [5, 5.41) is 4.39. The summed E-state index contributed by atoms with van der Waals surface area (Å²) >= 11 is 0. The van der Waals surface area contributed by atoms with Gasteiger partial charge in [-0.25, -0.2) is 9.97 Å². The summed E-state index contributed by atoms with van der Waals surface area (Å²) in [7, 11) is 0. The summed E-state index contributed by atoms with van der Waals surface area (Å²) in [6, 6.07) is 6.28. The van der Waals surface area contributed by atoms with E-state index in [1.807, 2.05) is 13.0 Å². The highest BCUT2D eigenvalue weighted by molar-refractivity contribution is 5.92. The van der Waals surface area contributed by atoms with Gasteiger partial charge in [0.2, 0.25) is 11.9 Å². The first-order valence-corrected chi connectivity index (χ1v) is 9.91. The number of H-pyrrole nitrogens is 1. The van der Waals surface area contributed by atoms with E-state index in [1.54, 1.807) is 12.4 Å². The average molecular weight is 377 g/mol. The summed E-state index contributed by atoms with van der Waals surface area (Å²) in [6.45, 7) is 7.93. The second kappa shape index (κ2) is 7.62. The smallest absolute Gasteiger partial charge is 0.225 e. The lowest BCUT2D eigenvalue weighted by atomic mass is 10.0. The highest BCUT2D eigenvalue weighted by atomic mass is 16.1. The molecular weight excluding hydrogens is 350 g/mol. The molecule has 0 saturated carbocycles. The lowest BCUT2D eigenvalue weighted by Gasteiger charge is -2.33. The number of amides is 1. The van der Waals surface area contributed by atoms with Gasteiger partial charge in [0.25, 0.3) is 0 Å². The third-order valence-electron chi connectivity index (χ3n) is 5.53. The van der Waals surface area contributed by atoms with Gasteiger partial charge in [0.15, 0.2) is 0 Å². The van der Waals surface area contributed by atoms with E-state index in [2.05, 4.69) is 51.1 Å². The molecule has 1 amide bonds. The number of anilines is 1. The van der Waals surface area contributed by atoms with E-state index < -0.39 is 0 Å². The van der Waals surface area contributed by atoms with Crippen LogP contribution in [0.5, 0.6) is 0 Å². The summed E-state index contributed by atoms with van der Waals surface area (Å²) in [5.74, 6) is 0.809. The number of nitrogens with zero attached hydrogens (tertiary/aromatic N) is 3. The zero-order chi connectivity index (χ0) is 19.7. The van der Waals surface area contributed by atoms with E-state index in [0.717, 1.165) is 54.0 Å². The topological polar surface area (TPSA) is 73.9 Å². The van der Waals surface area contributed by atoms with Crippen LogP contribution in [-0.2, 0) is 11.2 Å². The number of piperidine rings is 1. The molecule has 0 bridgehead atoms. The Morgan fingerprint density at radius 2 is 2.04 bits per heavy atom. The molecule has 1 aliphatic rings. The molecule has 6 heteroatoms. The molecule has 1 aromatic carbocycles. The van der Waals surface area contributed by atoms with Crippen LogP contribution in [0.25, 0.3) is 10.9 Å². The van der Waals surface area contributed by atoms with Gasteiger partial charge in [0.05, 0.1) is 6.42 Å². The molecule has 4 rings (SSSR count). The van der Waals surface area contributed by atoms with Crippen LogP contribution in [0.2, 0.25) is 0 Å². The lowest BCUT2D eigenvalue weighted by Crippen LogP contribution is -2.48. The van der Waals surface area contributed by atoms with Crippen LogP contribution in [0.15, 0.2) is 30.6 Å². The number of aryl methyl sites for hydroxylation is 3. The minimum Gasteiger partial charge on any atom is -0.358 e. The Balaban J connectivity index is 1.46. The van der Waals surface area contributed by atoms with E-state index in [-0.39, 0.29) is 11.9 Å². The van der Waals surface area contributed by atoms with Crippen LogP contribution in [0.4, 0.5) is 5.95 Å². The van der Waals surface area contributed by atoms with Crippen LogP contribution < -0.4 is 10.2 Å². The van der Waals surface area contributed by atoms with Crippen molar-refractivity contribution in [3.63, 3.8) is 0 Å². The normalized spacial score (nSPS) is 17.1. The van der Waals surface area contributed by atoms with E-state index in [9.17, 15) is 4.79 Å². The Hall–Kier alpha value is -2.89. The predicted octanol–water partition coefficient (Wildman–Crippen LogP) is 3.21. The maximum Gasteiger partial charge on any atom is 0.225 e. The minimum absolute atomic E-state index is 0.0731. The number of rotatable bonds is 4. The Kier molecular flexibility index (Phi) is 5.03. The van der Waals surface area contributed by atoms with Gasteiger partial charge in [0.1, 0.15) is 0 Å². The van der Waals surface area contributed by atoms with Crippen LogP contribution >= 0.6 is 0 Å². The number of fused-ring (bicyclic) bond motifs is 1. The molecule has 0 aliphatic carbocycles. The summed E-state index contributed by atoms with van der Waals surface area (Å²) in [5.41, 5.74) is 5.74. The number of hydrogen-bond donors (Lipinski definition) is 2. The molecule has 1 saturated heterocycles. The van der Waals surface area contributed by atoms with E-state index in [1.165, 1.54) is 11.1 Å². The number of carbonyl (C=O) groups excluding carboxylic acids is 1. The Labute approximate surface area is 165 Å². The molecule has 1 aliphatic heterocycles. The highest BCUT2D eigenvalue weighted by Gasteiger charge is 2.23. The molecule has 28 heavy (non-hydrogen) atoms. The molecule has 0 unspecified atom stereocenters. The van der Waals surface area contributed by atoms with Crippen LogP contribution in [-0.4, -0.2) is 40.0 Å². The third-order valence-corrected chi connectivity index (χ3v) is 5.53.